The van der Waals surface area contributed by atoms with E-state index < -0.39 is 16.6 Å². The van der Waals surface area contributed by atoms with Gasteiger partial charge < -0.3 is 9.74 Å². The summed E-state index contributed by atoms with van der Waals surface area (Å²) < 4.78 is 0.341. The number of hydroxylamine groups is 1. The summed E-state index contributed by atoms with van der Waals surface area (Å²) in [7, 11) is 0. The summed E-state index contributed by atoms with van der Waals surface area (Å²) in [5.41, 5.74) is -0.525. The number of benzene rings is 1. The Bertz CT molecular complexity index is 624. The lowest BCUT2D eigenvalue weighted by molar-refractivity contribution is -0.385. The largest absolute Gasteiger partial charge is 0.434 e. The number of halogens is 1. The Balaban J connectivity index is 2.35. The number of likely N-dealkylation sites (tertiary alicyclic amines) is 1. The van der Waals surface area contributed by atoms with Gasteiger partial charge >= 0.3 is 11.8 Å². The van der Waals surface area contributed by atoms with E-state index in [1.165, 1.54) is 5.06 Å². The summed E-state index contributed by atoms with van der Waals surface area (Å²) in [6, 6.07) is 4.85. The van der Waals surface area contributed by atoms with Crippen LogP contribution in [0, 0.1) is 10.1 Å². The van der Waals surface area contributed by atoms with Crippen LogP contribution >= 0.6 is 15.9 Å². The van der Waals surface area contributed by atoms with Crippen LogP contribution in [0.5, 0.6) is 0 Å². The molecule has 7 nitrogen and oxygen atoms in total. The van der Waals surface area contributed by atoms with E-state index in [1.54, 1.807) is 23.1 Å². The molecule has 1 fully saturated rings. The highest BCUT2D eigenvalue weighted by atomic mass is 79.9. The number of para-hydroxylation sites is 1. The lowest BCUT2D eigenvalue weighted by Crippen LogP contribution is -2.47. The van der Waals surface area contributed by atoms with Gasteiger partial charge in [0.25, 0.3) is 0 Å². The smallest absolute Gasteiger partial charge is 0.321 e. The third-order valence-electron chi connectivity index (χ3n) is 3.76. The topological polar surface area (TPSA) is 75.9 Å². The van der Waals surface area contributed by atoms with E-state index >= 15 is 0 Å². The lowest BCUT2D eigenvalue weighted by Gasteiger charge is -2.37. The lowest BCUT2D eigenvalue weighted by atomic mass is 10.1. The minimum Gasteiger partial charge on any atom is -0.321 e. The Morgan fingerprint density at radius 2 is 1.92 bits per heavy atom. The van der Waals surface area contributed by atoms with E-state index in [1.807, 2.05) is 20.8 Å². The van der Waals surface area contributed by atoms with Gasteiger partial charge in [-0.05, 0) is 68.1 Å². The van der Waals surface area contributed by atoms with Crippen molar-refractivity contribution in [3.05, 3.63) is 32.8 Å². The van der Waals surface area contributed by atoms with Crippen molar-refractivity contribution in [2.75, 3.05) is 18.2 Å². The van der Waals surface area contributed by atoms with Gasteiger partial charge in [-0.2, -0.15) is 5.06 Å². The first-order valence-corrected chi connectivity index (χ1v) is 8.71. The predicted octanol–water partition coefficient (Wildman–Crippen LogP) is 4.50. The number of carbonyl (C=O) groups excluding carboxylic acids is 1. The van der Waals surface area contributed by atoms with Crippen molar-refractivity contribution in [2.24, 2.45) is 0 Å². The number of rotatable bonds is 3. The predicted molar refractivity (Wildman–Crippen MR) is 94.9 cm³/mol. The molecule has 132 valence electrons. The summed E-state index contributed by atoms with van der Waals surface area (Å²) in [5.74, 6) is 0. The maximum absolute atomic E-state index is 12.5. The van der Waals surface area contributed by atoms with Gasteiger partial charge in [0.1, 0.15) is 0 Å². The number of nitro benzene ring substituents is 1. The van der Waals surface area contributed by atoms with E-state index in [-0.39, 0.29) is 11.4 Å². The van der Waals surface area contributed by atoms with Crippen LogP contribution in [0.4, 0.5) is 16.2 Å². The highest BCUT2D eigenvalue weighted by molar-refractivity contribution is 9.10. The van der Waals surface area contributed by atoms with Crippen LogP contribution in [-0.2, 0) is 4.84 Å². The van der Waals surface area contributed by atoms with Gasteiger partial charge in [0.05, 0.1) is 14.9 Å². The Labute approximate surface area is 149 Å². The molecule has 1 aromatic rings. The second-order valence-corrected chi connectivity index (χ2v) is 7.59. The van der Waals surface area contributed by atoms with Gasteiger partial charge in [-0.15, -0.1) is 0 Å². The molecule has 24 heavy (non-hydrogen) atoms. The molecule has 0 aliphatic carbocycles. The summed E-state index contributed by atoms with van der Waals surface area (Å²) in [6.45, 7) is 6.80. The highest BCUT2D eigenvalue weighted by Gasteiger charge is 2.34. The maximum Gasteiger partial charge on any atom is 0.434 e. The van der Waals surface area contributed by atoms with Crippen molar-refractivity contribution < 1.29 is 14.6 Å². The molecule has 1 aliphatic rings. The van der Waals surface area contributed by atoms with Crippen molar-refractivity contribution in [3.63, 3.8) is 0 Å². The number of nitrogens with zero attached hydrogens (tertiary/aromatic N) is 3. The molecule has 1 heterocycles. The van der Waals surface area contributed by atoms with E-state index in [2.05, 4.69) is 15.9 Å². The zero-order chi connectivity index (χ0) is 17.9. The van der Waals surface area contributed by atoms with Gasteiger partial charge in [-0.1, -0.05) is 6.07 Å². The minimum atomic E-state index is -0.642. The zero-order valence-corrected chi connectivity index (χ0v) is 15.7. The molecule has 0 atom stereocenters. The van der Waals surface area contributed by atoms with Crippen LogP contribution in [0.15, 0.2) is 22.7 Å². The summed E-state index contributed by atoms with van der Waals surface area (Å²) in [6.07, 6.45) is 2.52. The first-order valence-electron chi connectivity index (χ1n) is 7.92. The molecule has 0 spiro atoms. The van der Waals surface area contributed by atoms with E-state index in [9.17, 15) is 14.9 Å². The third kappa shape index (κ3) is 4.17. The van der Waals surface area contributed by atoms with E-state index in [0.29, 0.717) is 17.6 Å². The molecule has 8 heteroatoms. The summed E-state index contributed by atoms with van der Waals surface area (Å²) in [5, 5.41) is 12.8. The number of piperidine rings is 1. The van der Waals surface area contributed by atoms with E-state index in [0.717, 1.165) is 19.3 Å². The quantitative estimate of drug-likeness (QED) is 0.552. The van der Waals surface area contributed by atoms with Crippen LogP contribution in [0.1, 0.15) is 40.0 Å². The summed E-state index contributed by atoms with van der Waals surface area (Å²) >= 11 is 3.21. The van der Waals surface area contributed by atoms with Gasteiger partial charge in [0, 0.05) is 13.1 Å². The molecular formula is C16H22BrN3O4. The average molecular weight is 400 g/mol. The number of hydrogen-bond donors (Lipinski definition) is 0. The third-order valence-corrected chi connectivity index (χ3v) is 4.40. The molecule has 1 amide bonds. The number of hydrogen-bond acceptors (Lipinski definition) is 5. The number of anilines is 1. The highest BCUT2D eigenvalue weighted by Crippen LogP contribution is 2.38. The molecule has 0 radical (unpaired) electrons. The fraction of sp³-hybridized carbons (Fsp3) is 0.562. The Morgan fingerprint density at radius 1 is 1.29 bits per heavy atom. The van der Waals surface area contributed by atoms with Gasteiger partial charge in [-0.3, -0.25) is 10.1 Å². The number of carbonyl (C=O) groups is 1. The van der Waals surface area contributed by atoms with Crippen LogP contribution < -0.4 is 5.06 Å². The Hall–Kier alpha value is -1.83. The van der Waals surface area contributed by atoms with E-state index in [4.69, 9.17) is 4.84 Å². The molecule has 0 saturated carbocycles. The first kappa shape index (κ1) is 18.5. The van der Waals surface area contributed by atoms with Crippen molar-refractivity contribution in [1.29, 1.82) is 0 Å². The first-order chi connectivity index (χ1) is 11.2. The van der Waals surface area contributed by atoms with Crippen LogP contribution in [0.25, 0.3) is 0 Å². The maximum atomic E-state index is 12.5. The Kier molecular flexibility index (Phi) is 5.69. The number of nitro groups is 1. The zero-order valence-electron chi connectivity index (χ0n) is 14.1. The fourth-order valence-corrected chi connectivity index (χ4v) is 3.11. The SMILES string of the molecule is CC(C)(C)N(OC(=O)N1CCCCC1)c1cccc(Br)c1[N+](=O)[O-]. The van der Waals surface area contributed by atoms with Crippen molar-refractivity contribution in [2.45, 2.75) is 45.6 Å². The van der Waals surface area contributed by atoms with Gasteiger partial charge in [-0.25, -0.2) is 4.79 Å². The van der Waals surface area contributed by atoms with Crippen molar-refractivity contribution in [3.8, 4) is 0 Å². The average Bonchev–Trinajstić information content (AvgIpc) is 2.51. The molecule has 1 aliphatic heterocycles. The molecule has 2 rings (SSSR count). The molecule has 1 aromatic carbocycles. The van der Waals surface area contributed by atoms with Crippen LogP contribution in [0.2, 0.25) is 0 Å². The van der Waals surface area contributed by atoms with Crippen LogP contribution in [0.3, 0.4) is 0 Å². The second kappa shape index (κ2) is 7.38. The van der Waals surface area contributed by atoms with Gasteiger partial charge in [0.15, 0.2) is 5.69 Å². The standard InChI is InChI=1S/C16H22BrN3O4/c1-16(2,3)19(24-15(21)18-10-5-4-6-11-18)13-9-7-8-12(17)14(13)20(22)23/h7-9H,4-6,10-11H2,1-3H3. The molecule has 0 aromatic heterocycles. The normalized spacial score (nSPS) is 15.1. The molecule has 0 unspecified atom stereocenters. The minimum absolute atomic E-state index is 0.126. The van der Waals surface area contributed by atoms with Crippen LogP contribution in [-0.4, -0.2) is 34.5 Å². The monoisotopic (exact) mass is 399 g/mol. The van der Waals surface area contributed by atoms with Crippen molar-refractivity contribution >= 4 is 33.4 Å². The molecular weight excluding hydrogens is 378 g/mol. The second-order valence-electron chi connectivity index (χ2n) is 6.73. The summed E-state index contributed by atoms with van der Waals surface area (Å²) in [4.78, 5) is 30.7. The molecule has 0 N–H and O–H groups in total. The number of amides is 1. The molecule has 1 saturated heterocycles. The van der Waals surface area contributed by atoms with Gasteiger partial charge in [0.2, 0.25) is 0 Å². The fourth-order valence-electron chi connectivity index (χ4n) is 2.61. The molecule has 0 bridgehead atoms. The van der Waals surface area contributed by atoms with Crippen molar-refractivity contribution in [1.82, 2.24) is 4.90 Å². The Morgan fingerprint density at radius 3 is 2.46 bits per heavy atom.